The Kier molecular flexibility index (Phi) is 6.32. The molecule has 0 aliphatic heterocycles. The third kappa shape index (κ3) is 4.35. The number of aryl methyl sites for hydroxylation is 2. The van der Waals surface area contributed by atoms with Crippen LogP contribution in [0.5, 0.6) is 0 Å². The monoisotopic (exact) mass is 448 g/mol. The molecule has 0 bridgehead atoms. The van der Waals surface area contributed by atoms with E-state index >= 15 is 0 Å². The number of hydrogen-bond donors (Lipinski definition) is 1. The van der Waals surface area contributed by atoms with Crippen LogP contribution in [0, 0.1) is 13.8 Å². The first-order valence-corrected chi connectivity index (χ1v) is 12.7. The van der Waals surface area contributed by atoms with Crippen LogP contribution in [-0.4, -0.2) is 36.1 Å². The SMILES string of the molecule is CC[C@H](c1nnnn1C1CCCC1)N(Cc1cc2cc(C)cc(C)c2[nH]c1=O)C1CCCC1. The van der Waals surface area contributed by atoms with Gasteiger partial charge in [0.15, 0.2) is 5.82 Å². The van der Waals surface area contributed by atoms with Crippen molar-refractivity contribution in [1.29, 1.82) is 0 Å². The van der Waals surface area contributed by atoms with E-state index in [0.29, 0.717) is 18.6 Å². The van der Waals surface area contributed by atoms with Crippen LogP contribution in [0.15, 0.2) is 23.0 Å². The first kappa shape index (κ1) is 22.3. The summed E-state index contributed by atoms with van der Waals surface area (Å²) in [5.74, 6) is 0.972. The molecule has 7 heteroatoms. The average Bonchev–Trinajstić information content (AvgIpc) is 3.56. The molecule has 0 unspecified atom stereocenters. The molecule has 2 saturated carbocycles. The van der Waals surface area contributed by atoms with E-state index in [1.165, 1.54) is 44.1 Å². The van der Waals surface area contributed by atoms with Gasteiger partial charge in [-0.1, -0.05) is 44.2 Å². The minimum Gasteiger partial charge on any atom is -0.321 e. The van der Waals surface area contributed by atoms with Crippen molar-refractivity contribution < 1.29 is 0 Å². The van der Waals surface area contributed by atoms with Gasteiger partial charge in [0.1, 0.15) is 0 Å². The number of benzene rings is 1. The average molecular weight is 449 g/mol. The fraction of sp³-hybridized carbons (Fsp3) is 0.615. The standard InChI is InChI=1S/C26H36N6O/c1-4-23(25-28-29-30-32(25)22-11-7-8-12-22)31(21-9-5-6-10-21)16-20-15-19-14-17(2)13-18(3)24(19)27-26(20)33/h13-15,21-23H,4-12,16H2,1-3H3,(H,27,33)/t23-/m1/s1. The van der Waals surface area contributed by atoms with Gasteiger partial charge in [-0.25, -0.2) is 4.68 Å². The Labute approximate surface area is 195 Å². The Morgan fingerprint density at radius 2 is 1.82 bits per heavy atom. The van der Waals surface area contributed by atoms with Crippen LogP contribution >= 0.6 is 0 Å². The summed E-state index contributed by atoms with van der Waals surface area (Å²) in [4.78, 5) is 18.9. The molecule has 0 saturated heterocycles. The molecular weight excluding hydrogens is 412 g/mol. The summed E-state index contributed by atoms with van der Waals surface area (Å²) < 4.78 is 2.10. The molecule has 2 fully saturated rings. The quantitative estimate of drug-likeness (QED) is 0.541. The fourth-order valence-electron chi connectivity index (χ4n) is 6.17. The second-order valence-electron chi connectivity index (χ2n) is 10.1. The molecular formula is C26H36N6O. The van der Waals surface area contributed by atoms with Crippen LogP contribution < -0.4 is 5.56 Å². The van der Waals surface area contributed by atoms with Gasteiger partial charge in [-0.05, 0) is 79.5 Å². The summed E-state index contributed by atoms with van der Waals surface area (Å²) in [6, 6.07) is 7.36. The van der Waals surface area contributed by atoms with Crippen molar-refractivity contribution in [1.82, 2.24) is 30.1 Å². The van der Waals surface area contributed by atoms with E-state index in [0.717, 1.165) is 47.1 Å². The third-order valence-electron chi connectivity index (χ3n) is 7.79. The highest BCUT2D eigenvalue weighted by atomic mass is 16.1. The lowest BCUT2D eigenvalue weighted by Gasteiger charge is -2.35. The molecule has 7 nitrogen and oxygen atoms in total. The lowest BCUT2D eigenvalue weighted by Crippen LogP contribution is -2.39. The highest BCUT2D eigenvalue weighted by molar-refractivity contribution is 5.82. The van der Waals surface area contributed by atoms with Gasteiger partial charge in [0, 0.05) is 18.2 Å². The highest BCUT2D eigenvalue weighted by Crippen LogP contribution is 2.36. The summed E-state index contributed by atoms with van der Waals surface area (Å²) in [6.45, 7) is 7.01. The van der Waals surface area contributed by atoms with Crippen LogP contribution in [0.4, 0.5) is 0 Å². The molecule has 33 heavy (non-hydrogen) atoms. The molecule has 1 aromatic carbocycles. The van der Waals surface area contributed by atoms with Crippen molar-refractivity contribution in [3.8, 4) is 0 Å². The van der Waals surface area contributed by atoms with Gasteiger partial charge < -0.3 is 4.98 Å². The number of tetrazole rings is 1. The fourth-order valence-corrected chi connectivity index (χ4v) is 6.17. The van der Waals surface area contributed by atoms with Crippen molar-refractivity contribution >= 4 is 10.9 Å². The molecule has 1 atom stereocenters. The molecule has 2 aliphatic rings. The Balaban J connectivity index is 1.53. The number of nitrogens with one attached hydrogen (secondary N) is 1. The van der Waals surface area contributed by atoms with E-state index in [1.807, 2.05) is 0 Å². The van der Waals surface area contributed by atoms with Gasteiger partial charge >= 0.3 is 0 Å². The van der Waals surface area contributed by atoms with Gasteiger partial charge in [0.2, 0.25) is 0 Å². The topological polar surface area (TPSA) is 79.7 Å². The maximum absolute atomic E-state index is 13.2. The maximum Gasteiger partial charge on any atom is 0.252 e. The molecule has 2 heterocycles. The number of fused-ring (bicyclic) bond motifs is 1. The molecule has 176 valence electrons. The van der Waals surface area contributed by atoms with E-state index in [1.54, 1.807) is 0 Å². The number of aromatic amines is 1. The first-order chi connectivity index (χ1) is 16.0. The Bertz CT molecular complexity index is 1170. The second-order valence-corrected chi connectivity index (χ2v) is 10.1. The van der Waals surface area contributed by atoms with E-state index in [4.69, 9.17) is 0 Å². The van der Waals surface area contributed by atoms with Crippen molar-refractivity contribution in [2.24, 2.45) is 0 Å². The summed E-state index contributed by atoms with van der Waals surface area (Å²) in [5.41, 5.74) is 4.12. The van der Waals surface area contributed by atoms with Gasteiger partial charge in [-0.2, -0.15) is 0 Å². The largest absolute Gasteiger partial charge is 0.321 e. The van der Waals surface area contributed by atoms with Crippen molar-refractivity contribution in [3.63, 3.8) is 0 Å². The summed E-state index contributed by atoms with van der Waals surface area (Å²) >= 11 is 0. The van der Waals surface area contributed by atoms with E-state index in [-0.39, 0.29) is 11.6 Å². The molecule has 1 N–H and O–H groups in total. The zero-order chi connectivity index (χ0) is 22.9. The summed E-state index contributed by atoms with van der Waals surface area (Å²) in [6.07, 6.45) is 10.6. The van der Waals surface area contributed by atoms with Gasteiger partial charge in [0.05, 0.1) is 17.6 Å². The third-order valence-corrected chi connectivity index (χ3v) is 7.79. The van der Waals surface area contributed by atoms with E-state index < -0.39 is 0 Å². The van der Waals surface area contributed by atoms with Crippen LogP contribution in [-0.2, 0) is 6.54 Å². The molecule has 0 radical (unpaired) electrons. The Morgan fingerprint density at radius 3 is 2.55 bits per heavy atom. The number of rotatable bonds is 7. The molecule has 0 amide bonds. The molecule has 3 aromatic rings. The van der Waals surface area contributed by atoms with Crippen molar-refractivity contribution in [2.75, 3.05) is 0 Å². The molecule has 0 spiro atoms. The normalized spacial score (nSPS) is 18.7. The highest BCUT2D eigenvalue weighted by Gasteiger charge is 2.34. The van der Waals surface area contributed by atoms with Crippen molar-refractivity contribution in [2.45, 2.75) is 103 Å². The molecule has 2 aromatic heterocycles. The van der Waals surface area contributed by atoms with Gasteiger partial charge in [0.25, 0.3) is 5.56 Å². The number of nitrogens with zero attached hydrogens (tertiary/aromatic N) is 5. The minimum atomic E-state index is 0.0164. The van der Waals surface area contributed by atoms with E-state index in [9.17, 15) is 4.79 Å². The smallest absolute Gasteiger partial charge is 0.252 e. The van der Waals surface area contributed by atoms with Crippen LogP contribution in [0.3, 0.4) is 0 Å². The maximum atomic E-state index is 13.2. The zero-order valence-electron chi connectivity index (χ0n) is 20.2. The van der Waals surface area contributed by atoms with Crippen LogP contribution in [0.2, 0.25) is 0 Å². The number of aromatic nitrogens is 5. The number of hydrogen-bond acceptors (Lipinski definition) is 5. The lowest BCUT2D eigenvalue weighted by atomic mass is 10.0. The predicted molar refractivity (Wildman–Crippen MR) is 130 cm³/mol. The van der Waals surface area contributed by atoms with Crippen molar-refractivity contribution in [3.05, 3.63) is 51.1 Å². The zero-order valence-corrected chi connectivity index (χ0v) is 20.2. The summed E-state index contributed by atoms with van der Waals surface area (Å²) in [7, 11) is 0. The molecule has 5 rings (SSSR count). The second kappa shape index (κ2) is 9.37. The first-order valence-electron chi connectivity index (χ1n) is 12.7. The van der Waals surface area contributed by atoms with E-state index in [2.05, 4.69) is 69.1 Å². The van der Waals surface area contributed by atoms with Crippen LogP contribution in [0.25, 0.3) is 10.9 Å². The summed E-state index contributed by atoms with van der Waals surface area (Å²) in [5, 5.41) is 14.2. The number of H-pyrrole nitrogens is 1. The van der Waals surface area contributed by atoms with Crippen LogP contribution in [0.1, 0.15) is 99.3 Å². The Morgan fingerprint density at radius 1 is 1.09 bits per heavy atom. The number of pyridine rings is 1. The predicted octanol–water partition coefficient (Wildman–Crippen LogP) is 5.14. The van der Waals surface area contributed by atoms with Gasteiger partial charge in [-0.3, -0.25) is 9.69 Å². The Hall–Kier alpha value is -2.54. The lowest BCUT2D eigenvalue weighted by molar-refractivity contribution is 0.110. The van der Waals surface area contributed by atoms with Gasteiger partial charge in [-0.15, -0.1) is 5.10 Å². The minimum absolute atomic E-state index is 0.0164. The molecule has 2 aliphatic carbocycles.